The van der Waals surface area contributed by atoms with E-state index < -0.39 is 5.97 Å². The minimum atomic E-state index is -0.496. The molecule has 0 bridgehead atoms. The lowest BCUT2D eigenvalue weighted by molar-refractivity contribution is 0.0371. The van der Waals surface area contributed by atoms with Gasteiger partial charge in [-0.1, -0.05) is 12.1 Å². The average molecular weight is 362 g/mol. The average Bonchev–Trinajstić information content (AvgIpc) is 2.97. The Balaban J connectivity index is 2.17. The van der Waals surface area contributed by atoms with Gasteiger partial charge in [-0.3, -0.25) is 4.68 Å². The van der Waals surface area contributed by atoms with Crippen LogP contribution < -0.4 is 15.4 Å². The zero-order valence-electron chi connectivity index (χ0n) is 14.7. The van der Waals surface area contributed by atoms with Gasteiger partial charge in [0.15, 0.2) is 10.8 Å². The van der Waals surface area contributed by atoms with Crippen molar-refractivity contribution in [2.24, 2.45) is 0 Å². The molecule has 0 fully saturated rings. The molecule has 134 valence electrons. The third-order valence-electron chi connectivity index (χ3n) is 3.23. The summed E-state index contributed by atoms with van der Waals surface area (Å²) in [6.45, 7) is 6.13. The third kappa shape index (κ3) is 4.93. The molecule has 0 aliphatic heterocycles. The summed E-state index contributed by atoms with van der Waals surface area (Å²) in [5.74, 6) is 0.167. The molecule has 0 radical (unpaired) electrons. The van der Waals surface area contributed by atoms with Gasteiger partial charge in [0.1, 0.15) is 5.75 Å². The lowest BCUT2D eigenvalue weighted by atomic mass is 10.3. The predicted molar refractivity (Wildman–Crippen MR) is 101 cm³/mol. The molecular weight excluding hydrogens is 340 g/mol. The lowest BCUT2D eigenvalue weighted by Gasteiger charge is -2.13. The first-order chi connectivity index (χ1) is 11.9. The fourth-order valence-corrected chi connectivity index (χ4v) is 2.34. The number of rotatable bonds is 6. The highest BCUT2D eigenvalue weighted by Gasteiger charge is 2.20. The lowest BCUT2D eigenvalue weighted by Crippen LogP contribution is -2.21. The minimum absolute atomic E-state index is 0.194. The standard InChI is InChI=1S/C17H22N4O3S/c1-5-21-10-13(15(20-21)16(22)24-11(2)3)19-17(25)18-12-8-6-7-9-14(12)23-4/h6-11H,5H2,1-4H3,(H2,18,19,25). The fraction of sp³-hybridized carbons (Fsp3) is 0.353. The van der Waals surface area contributed by atoms with Crippen LogP contribution in [0.4, 0.5) is 11.4 Å². The quantitative estimate of drug-likeness (QED) is 0.603. The van der Waals surface area contributed by atoms with E-state index in [0.29, 0.717) is 23.1 Å². The largest absolute Gasteiger partial charge is 0.495 e. The van der Waals surface area contributed by atoms with Crippen molar-refractivity contribution in [3.8, 4) is 5.75 Å². The number of nitrogens with zero attached hydrogens (tertiary/aromatic N) is 2. The van der Waals surface area contributed by atoms with Crippen LogP contribution in [-0.4, -0.2) is 34.1 Å². The number of hydrogen-bond acceptors (Lipinski definition) is 5. The molecule has 0 amide bonds. The molecular formula is C17H22N4O3S. The van der Waals surface area contributed by atoms with Crippen LogP contribution in [0.2, 0.25) is 0 Å². The fourth-order valence-electron chi connectivity index (χ4n) is 2.12. The molecule has 0 aliphatic carbocycles. The molecule has 8 heteroatoms. The van der Waals surface area contributed by atoms with E-state index in [4.69, 9.17) is 21.7 Å². The highest BCUT2D eigenvalue weighted by atomic mass is 32.1. The maximum absolute atomic E-state index is 12.2. The molecule has 0 saturated heterocycles. The molecule has 7 nitrogen and oxygen atoms in total. The Labute approximate surface area is 152 Å². The van der Waals surface area contributed by atoms with Gasteiger partial charge < -0.3 is 20.1 Å². The molecule has 1 aromatic heterocycles. The van der Waals surface area contributed by atoms with E-state index in [9.17, 15) is 4.79 Å². The molecule has 2 aromatic rings. The van der Waals surface area contributed by atoms with E-state index in [2.05, 4.69) is 15.7 Å². The maximum atomic E-state index is 12.2. The summed E-state index contributed by atoms with van der Waals surface area (Å²) < 4.78 is 12.2. The van der Waals surface area contributed by atoms with Crippen LogP contribution in [0.5, 0.6) is 5.75 Å². The van der Waals surface area contributed by atoms with Crippen molar-refractivity contribution in [1.29, 1.82) is 0 Å². The first-order valence-corrected chi connectivity index (χ1v) is 8.34. The third-order valence-corrected chi connectivity index (χ3v) is 3.43. The van der Waals surface area contributed by atoms with Gasteiger partial charge in [-0.25, -0.2) is 4.79 Å². The van der Waals surface area contributed by atoms with Crippen molar-refractivity contribution in [3.05, 3.63) is 36.2 Å². The van der Waals surface area contributed by atoms with Crippen molar-refractivity contribution in [2.75, 3.05) is 17.7 Å². The SMILES string of the molecule is CCn1cc(NC(=S)Nc2ccccc2OC)c(C(=O)OC(C)C)n1. The van der Waals surface area contributed by atoms with E-state index >= 15 is 0 Å². The molecule has 1 heterocycles. The van der Waals surface area contributed by atoms with Crippen LogP contribution in [0, 0.1) is 0 Å². The second-order valence-electron chi connectivity index (χ2n) is 5.48. The second kappa shape index (κ2) is 8.48. The van der Waals surface area contributed by atoms with E-state index in [1.807, 2.05) is 31.2 Å². The summed E-state index contributed by atoms with van der Waals surface area (Å²) in [7, 11) is 1.59. The van der Waals surface area contributed by atoms with Crippen LogP contribution >= 0.6 is 12.2 Å². The van der Waals surface area contributed by atoms with Crippen molar-refractivity contribution >= 4 is 34.7 Å². The number of anilines is 2. The van der Waals surface area contributed by atoms with Gasteiger partial charge in [0.05, 0.1) is 24.6 Å². The Morgan fingerprint density at radius 1 is 1.28 bits per heavy atom. The second-order valence-corrected chi connectivity index (χ2v) is 5.89. The first-order valence-electron chi connectivity index (χ1n) is 7.94. The zero-order valence-corrected chi connectivity index (χ0v) is 15.5. The van der Waals surface area contributed by atoms with Crippen LogP contribution in [-0.2, 0) is 11.3 Å². The number of carbonyl (C=O) groups is 1. The summed E-state index contributed by atoms with van der Waals surface area (Å²) in [5.41, 5.74) is 1.40. The Kier molecular flexibility index (Phi) is 6.35. The number of nitrogens with one attached hydrogen (secondary N) is 2. The Bertz CT molecular complexity index is 758. The summed E-state index contributed by atoms with van der Waals surface area (Å²) in [4.78, 5) is 12.2. The number of aryl methyl sites for hydroxylation is 1. The number of aromatic nitrogens is 2. The number of thiocarbonyl (C=S) groups is 1. The van der Waals surface area contributed by atoms with Crippen molar-refractivity contribution in [2.45, 2.75) is 33.4 Å². The molecule has 0 saturated carbocycles. The number of ether oxygens (including phenoxy) is 2. The number of methoxy groups -OCH3 is 1. The smallest absolute Gasteiger partial charge is 0.361 e. The van der Waals surface area contributed by atoms with E-state index in [-0.39, 0.29) is 11.8 Å². The number of benzene rings is 1. The summed E-state index contributed by atoms with van der Waals surface area (Å²) in [6, 6.07) is 7.40. The van der Waals surface area contributed by atoms with Crippen LogP contribution in [0.15, 0.2) is 30.5 Å². The van der Waals surface area contributed by atoms with Crippen molar-refractivity contribution < 1.29 is 14.3 Å². The number of hydrogen-bond donors (Lipinski definition) is 2. The summed E-state index contributed by atoms with van der Waals surface area (Å²) >= 11 is 5.34. The van der Waals surface area contributed by atoms with Crippen LogP contribution in [0.25, 0.3) is 0 Å². The van der Waals surface area contributed by atoms with Gasteiger partial charge in [0.25, 0.3) is 0 Å². The van der Waals surface area contributed by atoms with E-state index in [1.165, 1.54) is 0 Å². The zero-order chi connectivity index (χ0) is 18.4. The molecule has 1 aromatic carbocycles. The number of carbonyl (C=O) groups excluding carboxylic acids is 1. The van der Waals surface area contributed by atoms with E-state index in [0.717, 1.165) is 5.69 Å². The molecule has 0 atom stereocenters. The number of para-hydroxylation sites is 2. The van der Waals surface area contributed by atoms with Crippen LogP contribution in [0.1, 0.15) is 31.3 Å². The summed E-state index contributed by atoms with van der Waals surface area (Å²) in [5, 5.41) is 10.6. The Morgan fingerprint density at radius 2 is 1.96 bits per heavy atom. The van der Waals surface area contributed by atoms with Gasteiger partial charge in [-0.05, 0) is 45.1 Å². The van der Waals surface area contributed by atoms with Crippen molar-refractivity contribution in [3.63, 3.8) is 0 Å². The monoisotopic (exact) mass is 362 g/mol. The highest BCUT2D eigenvalue weighted by Crippen LogP contribution is 2.23. The van der Waals surface area contributed by atoms with Crippen LogP contribution in [0.3, 0.4) is 0 Å². The van der Waals surface area contributed by atoms with Gasteiger partial charge in [-0.15, -0.1) is 0 Å². The summed E-state index contributed by atoms with van der Waals surface area (Å²) in [6.07, 6.45) is 1.48. The molecule has 2 N–H and O–H groups in total. The maximum Gasteiger partial charge on any atom is 0.361 e. The predicted octanol–water partition coefficient (Wildman–Crippen LogP) is 3.29. The normalized spacial score (nSPS) is 10.4. The molecule has 0 aliphatic rings. The van der Waals surface area contributed by atoms with Gasteiger partial charge in [-0.2, -0.15) is 5.10 Å². The number of esters is 1. The minimum Gasteiger partial charge on any atom is -0.495 e. The Hall–Kier alpha value is -2.61. The van der Waals surface area contributed by atoms with Gasteiger partial charge >= 0.3 is 5.97 Å². The highest BCUT2D eigenvalue weighted by molar-refractivity contribution is 7.80. The molecule has 0 unspecified atom stereocenters. The van der Waals surface area contributed by atoms with Gasteiger partial charge in [0, 0.05) is 12.7 Å². The topological polar surface area (TPSA) is 77.4 Å². The van der Waals surface area contributed by atoms with Gasteiger partial charge in [0.2, 0.25) is 0 Å². The molecule has 0 spiro atoms. The van der Waals surface area contributed by atoms with E-state index in [1.54, 1.807) is 31.8 Å². The molecule has 2 rings (SSSR count). The first kappa shape index (κ1) is 18.7. The Morgan fingerprint density at radius 3 is 2.60 bits per heavy atom. The molecule has 25 heavy (non-hydrogen) atoms. The van der Waals surface area contributed by atoms with Crippen molar-refractivity contribution in [1.82, 2.24) is 9.78 Å².